The molecule has 1 rings (SSSR count). The van der Waals surface area contributed by atoms with Gasteiger partial charge < -0.3 is 15.8 Å². The van der Waals surface area contributed by atoms with Crippen LogP contribution in [0.15, 0.2) is 23.1 Å². The molecule has 0 saturated heterocycles. The Hall–Kier alpha value is -1.96. The van der Waals surface area contributed by atoms with Crippen molar-refractivity contribution in [1.29, 1.82) is 0 Å². The van der Waals surface area contributed by atoms with Crippen molar-refractivity contribution < 1.29 is 17.9 Å². The minimum Gasteiger partial charge on any atom is -0.495 e. The number of benzene rings is 1. The summed E-state index contributed by atoms with van der Waals surface area (Å²) in [6.45, 7) is 2.00. The first-order valence-electron chi connectivity index (χ1n) is 5.15. The highest BCUT2D eigenvalue weighted by Crippen LogP contribution is 2.25. The number of urea groups is 1. The molecule has 0 unspecified atom stereocenters. The van der Waals surface area contributed by atoms with Crippen LogP contribution in [0.4, 0.5) is 10.5 Å². The zero-order valence-electron chi connectivity index (χ0n) is 10.1. The maximum Gasteiger partial charge on any atom is 0.328 e. The fraction of sp³-hybridized carbons (Fsp3) is 0.300. The van der Waals surface area contributed by atoms with Gasteiger partial charge in [0.05, 0.1) is 7.11 Å². The van der Waals surface area contributed by atoms with Crippen LogP contribution >= 0.6 is 0 Å². The molecule has 0 aliphatic heterocycles. The van der Waals surface area contributed by atoms with Crippen LogP contribution in [0.5, 0.6) is 5.75 Å². The van der Waals surface area contributed by atoms with Crippen molar-refractivity contribution in [3.63, 3.8) is 0 Å². The smallest absolute Gasteiger partial charge is 0.328 e. The van der Waals surface area contributed by atoms with Crippen LogP contribution < -0.4 is 20.5 Å². The molecule has 0 aliphatic carbocycles. The summed E-state index contributed by atoms with van der Waals surface area (Å²) < 4.78 is 30.6. The van der Waals surface area contributed by atoms with E-state index >= 15 is 0 Å². The summed E-state index contributed by atoms with van der Waals surface area (Å²) in [5.41, 5.74) is 5.89. The van der Waals surface area contributed by atoms with Gasteiger partial charge in [0.25, 0.3) is 10.0 Å². The summed E-state index contributed by atoms with van der Waals surface area (Å²) in [4.78, 5) is 11.1. The van der Waals surface area contributed by atoms with E-state index in [1.54, 1.807) is 6.92 Å². The molecule has 0 fully saturated rings. The minimum absolute atomic E-state index is 0.0757. The molecule has 0 saturated carbocycles. The number of nitrogens with two attached hydrogens (primary N) is 1. The van der Waals surface area contributed by atoms with Crippen LogP contribution in [0.3, 0.4) is 0 Å². The van der Waals surface area contributed by atoms with E-state index in [0.717, 1.165) is 0 Å². The third-order valence-corrected chi connectivity index (χ3v) is 3.41. The van der Waals surface area contributed by atoms with E-state index in [4.69, 9.17) is 10.5 Å². The molecule has 0 atom stereocenters. The van der Waals surface area contributed by atoms with Crippen molar-refractivity contribution in [3.8, 4) is 5.75 Å². The third kappa shape index (κ3) is 3.27. The first-order chi connectivity index (χ1) is 8.40. The fourth-order valence-electron chi connectivity index (χ4n) is 1.28. The number of amides is 2. The quantitative estimate of drug-likeness (QED) is 0.683. The molecule has 0 bridgehead atoms. The van der Waals surface area contributed by atoms with Gasteiger partial charge in [-0.1, -0.05) is 0 Å². The number of methoxy groups -OCH3 is 1. The number of nitrogen functional groups attached to an aromatic ring is 1. The number of carbonyl (C=O) groups is 1. The Balaban J connectivity index is 3.09. The number of sulfonamides is 1. The summed E-state index contributed by atoms with van der Waals surface area (Å²) in [5.74, 6) is 0.0757. The molecular weight excluding hydrogens is 258 g/mol. The lowest BCUT2D eigenvalue weighted by Gasteiger charge is -2.11. The van der Waals surface area contributed by atoms with Gasteiger partial charge in [-0.2, -0.15) is 0 Å². The van der Waals surface area contributed by atoms with E-state index in [2.05, 4.69) is 5.32 Å². The lowest BCUT2D eigenvalue weighted by atomic mass is 10.3. The third-order valence-electron chi connectivity index (χ3n) is 2.04. The Morgan fingerprint density at radius 3 is 2.67 bits per heavy atom. The molecule has 7 nitrogen and oxygen atoms in total. The number of anilines is 1. The number of rotatable bonds is 4. The van der Waals surface area contributed by atoms with Crippen LogP contribution in [-0.4, -0.2) is 28.1 Å². The summed E-state index contributed by atoms with van der Waals surface area (Å²) in [5, 5.41) is 2.33. The van der Waals surface area contributed by atoms with Crippen molar-refractivity contribution in [1.82, 2.24) is 10.0 Å². The van der Waals surface area contributed by atoms with Gasteiger partial charge >= 0.3 is 6.03 Å². The average Bonchev–Trinajstić information content (AvgIpc) is 2.27. The molecule has 0 heterocycles. The predicted octanol–water partition coefficient (Wildman–Crippen LogP) is 0.285. The molecule has 0 aliphatic rings. The Morgan fingerprint density at radius 2 is 2.11 bits per heavy atom. The van der Waals surface area contributed by atoms with Gasteiger partial charge in [-0.05, 0) is 19.1 Å². The first-order valence-corrected chi connectivity index (χ1v) is 6.63. The minimum atomic E-state index is -3.98. The van der Waals surface area contributed by atoms with Gasteiger partial charge in [0.15, 0.2) is 0 Å². The highest BCUT2D eigenvalue weighted by Gasteiger charge is 2.21. The summed E-state index contributed by atoms with van der Waals surface area (Å²) in [6.07, 6.45) is 0. The maximum absolute atomic E-state index is 11.9. The zero-order chi connectivity index (χ0) is 13.8. The monoisotopic (exact) mass is 273 g/mol. The van der Waals surface area contributed by atoms with Crippen LogP contribution in [0.25, 0.3) is 0 Å². The van der Waals surface area contributed by atoms with Crippen LogP contribution in [0.2, 0.25) is 0 Å². The van der Waals surface area contributed by atoms with E-state index in [1.807, 2.05) is 4.72 Å². The summed E-state index contributed by atoms with van der Waals surface area (Å²) in [7, 11) is -2.66. The van der Waals surface area contributed by atoms with E-state index in [9.17, 15) is 13.2 Å². The Labute approximate surface area is 105 Å². The van der Waals surface area contributed by atoms with Gasteiger partial charge in [-0.15, -0.1) is 0 Å². The molecule has 0 aromatic heterocycles. The van der Waals surface area contributed by atoms with Crippen molar-refractivity contribution in [2.24, 2.45) is 0 Å². The van der Waals surface area contributed by atoms with E-state index in [0.29, 0.717) is 12.2 Å². The lowest BCUT2D eigenvalue weighted by molar-refractivity contribution is 0.246. The molecule has 1 aromatic rings. The van der Waals surface area contributed by atoms with Crippen molar-refractivity contribution in [2.75, 3.05) is 19.4 Å². The molecule has 4 N–H and O–H groups in total. The second-order valence-electron chi connectivity index (χ2n) is 3.38. The second-order valence-corrected chi connectivity index (χ2v) is 5.03. The number of ether oxygens (including phenoxy) is 1. The molecule has 1 aromatic carbocycles. The Kier molecular flexibility index (Phi) is 4.38. The zero-order valence-corrected chi connectivity index (χ0v) is 10.9. The molecule has 100 valence electrons. The lowest BCUT2D eigenvalue weighted by Crippen LogP contribution is -2.39. The number of hydrogen-bond acceptors (Lipinski definition) is 5. The molecule has 0 spiro atoms. The SMILES string of the molecule is CCNC(=O)NS(=O)(=O)c1ccc(N)cc1OC. The fourth-order valence-corrected chi connectivity index (χ4v) is 2.36. The Bertz CT molecular complexity index is 542. The van der Waals surface area contributed by atoms with Crippen LogP contribution in [0.1, 0.15) is 6.92 Å². The number of carbonyl (C=O) groups excluding carboxylic acids is 1. The second kappa shape index (κ2) is 5.58. The highest BCUT2D eigenvalue weighted by atomic mass is 32.2. The first kappa shape index (κ1) is 14.1. The maximum atomic E-state index is 11.9. The average molecular weight is 273 g/mol. The predicted molar refractivity (Wildman–Crippen MR) is 66.8 cm³/mol. The van der Waals surface area contributed by atoms with Gasteiger partial charge in [-0.25, -0.2) is 17.9 Å². The molecule has 2 amide bonds. The topological polar surface area (TPSA) is 111 Å². The standard InChI is InChI=1S/C10H15N3O4S/c1-3-12-10(14)13-18(15,16)9-5-4-7(11)6-8(9)17-2/h4-6H,3,11H2,1-2H3,(H2,12,13,14). The molecular formula is C10H15N3O4S. The highest BCUT2D eigenvalue weighted by molar-refractivity contribution is 7.90. The van der Waals surface area contributed by atoms with Gasteiger partial charge in [-0.3, -0.25) is 0 Å². The largest absolute Gasteiger partial charge is 0.495 e. The van der Waals surface area contributed by atoms with E-state index < -0.39 is 16.1 Å². The number of hydrogen-bond donors (Lipinski definition) is 3. The normalized spacial score (nSPS) is 10.8. The van der Waals surface area contributed by atoms with Crippen LogP contribution in [-0.2, 0) is 10.0 Å². The van der Waals surface area contributed by atoms with Gasteiger partial charge in [0, 0.05) is 18.3 Å². The molecule has 8 heteroatoms. The van der Waals surface area contributed by atoms with Gasteiger partial charge in [0.1, 0.15) is 10.6 Å². The van der Waals surface area contributed by atoms with Gasteiger partial charge in [0.2, 0.25) is 0 Å². The molecule has 0 radical (unpaired) electrons. The van der Waals surface area contributed by atoms with E-state index in [1.165, 1.54) is 25.3 Å². The van der Waals surface area contributed by atoms with Crippen molar-refractivity contribution >= 4 is 21.7 Å². The van der Waals surface area contributed by atoms with Crippen molar-refractivity contribution in [2.45, 2.75) is 11.8 Å². The summed E-state index contributed by atoms with van der Waals surface area (Å²) in [6, 6.07) is 3.26. The van der Waals surface area contributed by atoms with Crippen molar-refractivity contribution in [3.05, 3.63) is 18.2 Å². The summed E-state index contributed by atoms with van der Waals surface area (Å²) >= 11 is 0. The molecule has 18 heavy (non-hydrogen) atoms. The van der Waals surface area contributed by atoms with Crippen LogP contribution in [0, 0.1) is 0 Å². The van der Waals surface area contributed by atoms with E-state index in [-0.39, 0.29) is 10.6 Å². The number of nitrogens with one attached hydrogen (secondary N) is 2. The Morgan fingerprint density at radius 1 is 1.44 bits per heavy atom.